The number of likely N-dealkylation sites (N-methyl/N-ethyl adjacent to an activating group) is 2. The molecule has 1 aromatic carbocycles. The Morgan fingerprint density at radius 3 is 1.88 bits per heavy atom. The highest BCUT2D eigenvalue weighted by Crippen LogP contribution is 2.49. The number of amides is 2. The van der Waals surface area contributed by atoms with Crippen LogP contribution in [0.15, 0.2) is 33.9 Å². The molecule has 3 heterocycles. The third-order valence-corrected chi connectivity index (χ3v) is 6.72. The van der Waals surface area contributed by atoms with E-state index in [0.717, 1.165) is 10.1 Å². The van der Waals surface area contributed by atoms with E-state index in [1.165, 1.54) is 4.57 Å². The van der Waals surface area contributed by atoms with Crippen LogP contribution in [0.4, 0.5) is 0 Å². The molecule has 1 aromatic heterocycles. The number of carbonyl (C=O) groups is 2. The van der Waals surface area contributed by atoms with Crippen LogP contribution >= 0.6 is 0 Å². The van der Waals surface area contributed by atoms with Crippen molar-refractivity contribution in [1.82, 2.24) is 18.9 Å². The highest BCUT2D eigenvalue weighted by atomic mass is 16.5. The van der Waals surface area contributed by atoms with E-state index >= 15 is 0 Å². The first-order chi connectivity index (χ1) is 15.8. The van der Waals surface area contributed by atoms with Crippen molar-refractivity contribution in [2.75, 3.05) is 19.8 Å². The summed E-state index contributed by atoms with van der Waals surface area (Å²) in [5.74, 6) is -1.93. The van der Waals surface area contributed by atoms with Crippen molar-refractivity contribution in [2.24, 2.45) is 0 Å². The summed E-state index contributed by atoms with van der Waals surface area (Å²) in [5, 5.41) is 0. The van der Waals surface area contributed by atoms with Gasteiger partial charge in [-0.1, -0.05) is 29.8 Å². The van der Waals surface area contributed by atoms with E-state index in [0.29, 0.717) is 18.7 Å². The van der Waals surface area contributed by atoms with Gasteiger partial charge in [-0.3, -0.25) is 23.5 Å². The van der Waals surface area contributed by atoms with Gasteiger partial charge < -0.3 is 14.5 Å². The van der Waals surface area contributed by atoms with Crippen LogP contribution in [-0.2, 0) is 22.7 Å². The van der Waals surface area contributed by atoms with Crippen molar-refractivity contribution >= 4 is 11.8 Å². The molecule has 9 heteroatoms. The second-order valence-corrected chi connectivity index (χ2v) is 8.44. The van der Waals surface area contributed by atoms with Gasteiger partial charge in [-0.25, -0.2) is 4.79 Å². The maximum Gasteiger partial charge on any atom is 0.333 e. The summed E-state index contributed by atoms with van der Waals surface area (Å²) in [5.41, 5.74) is -1.21. The largest absolute Gasteiger partial charge is 0.450 e. The van der Waals surface area contributed by atoms with Crippen LogP contribution in [0.1, 0.15) is 50.3 Å². The lowest BCUT2D eigenvalue weighted by molar-refractivity contribution is -0.175. The van der Waals surface area contributed by atoms with E-state index in [1.54, 1.807) is 23.6 Å². The van der Waals surface area contributed by atoms with Gasteiger partial charge in [0.05, 0.1) is 18.2 Å². The van der Waals surface area contributed by atoms with Crippen molar-refractivity contribution < 1.29 is 14.3 Å². The van der Waals surface area contributed by atoms with Gasteiger partial charge in [0.2, 0.25) is 5.88 Å². The fraction of sp³-hybridized carbons (Fsp3) is 0.500. The number of aryl methyl sites for hydroxylation is 1. The Bertz CT molecular complexity index is 1210. The number of hydrogen-bond acceptors (Lipinski definition) is 5. The quantitative estimate of drug-likeness (QED) is 0.635. The summed E-state index contributed by atoms with van der Waals surface area (Å²) in [7, 11) is 0. The van der Waals surface area contributed by atoms with E-state index in [-0.39, 0.29) is 31.2 Å². The van der Waals surface area contributed by atoms with Crippen molar-refractivity contribution in [1.29, 1.82) is 0 Å². The van der Waals surface area contributed by atoms with Gasteiger partial charge in [-0.2, -0.15) is 0 Å². The summed E-state index contributed by atoms with van der Waals surface area (Å²) in [6, 6.07) is 7.39. The van der Waals surface area contributed by atoms with Crippen molar-refractivity contribution in [3.63, 3.8) is 0 Å². The van der Waals surface area contributed by atoms with E-state index in [2.05, 4.69) is 0 Å². The third-order valence-electron chi connectivity index (χ3n) is 6.72. The van der Waals surface area contributed by atoms with Crippen LogP contribution in [0, 0.1) is 6.92 Å². The predicted octanol–water partition coefficient (Wildman–Crippen LogP) is 1.29. The van der Waals surface area contributed by atoms with Crippen LogP contribution in [-0.4, -0.2) is 56.1 Å². The first-order valence-electron chi connectivity index (χ1n) is 11.5. The van der Waals surface area contributed by atoms with Gasteiger partial charge in [0.1, 0.15) is 0 Å². The molecule has 1 saturated heterocycles. The molecule has 0 radical (unpaired) electrons. The fourth-order valence-corrected chi connectivity index (χ4v) is 4.91. The van der Waals surface area contributed by atoms with Crippen LogP contribution in [0.5, 0.6) is 5.88 Å². The van der Waals surface area contributed by atoms with E-state index in [9.17, 15) is 19.2 Å². The molecule has 1 unspecified atom stereocenters. The number of fused-ring (bicyclic) bond motifs is 1. The SMILES string of the molecule is CCN1CN(CC)C(=O)C2(Oc3c(c(=O)n(CC)c(=O)n3CC)C2c2ccc(C)cc2)C1=O. The molecular weight excluding hydrogens is 424 g/mol. The molecular formula is C24H30N4O5. The lowest BCUT2D eigenvalue weighted by Gasteiger charge is -2.45. The Balaban J connectivity index is 2.11. The van der Waals surface area contributed by atoms with Crippen LogP contribution in [0.25, 0.3) is 0 Å². The predicted molar refractivity (Wildman–Crippen MR) is 122 cm³/mol. The van der Waals surface area contributed by atoms with Gasteiger partial charge in [0.25, 0.3) is 23.0 Å². The van der Waals surface area contributed by atoms with E-state index in [1.807, 2.05) is 45.0 Å². The Labute approximate surface area is 192 Å². The Kier molecular flexibility index (Phi) is 5.67. The summed E-state index contributed by atoms with van der Waals surface area (Å²) < 4.78 is 8.75. The molecule has 2 aliphatic heterocycles. The standard InChI is InChI=1S/C24H30N4O5/c1-6-25-14-26(7-2)22(31)24(21(25)30)18(16-12-10-15(5)11-13-16)17-19(29)27(8-3)23(32)28(9-4)20(17)33-24/h10-13,18H,6-9,14H2,1-5H3. The molecule has 0 saturated carbocycles. The minimum Gasteiger partial charge on any atom is -0.450 e. The number of nitrogens with zero attached hydrogens (tertiary/aromatic N) is 4. The molecule has 0 aliphatic carbocycles. The molecule has 2 amide bonds. The summed E-state index contributed by atoms with van der Waals surface area (Å²) in [6.07, 6.45) is 0. The highest BCUT2D eigenvalue weighted by molar-refractivity contribution is 6.12. The Morgan fingerprint density at radius 2 is 1.39 bits per heavy atom. The average molecular weight is 455 g/mol. The number of hydrogen-bond donors (Lipinski definition) is 0. The number of benzene rings is 1. The zero-order valence-corrected chi connectivity index (χ0v) is 19.8. The number of aromatic nitrogens is 2. The molecule has 0 bridgehead atoms. The second-order valence-electron chi connectivity index (χ2n) is 8.44. The van der Waals surface area contributed by atoms with Crippen molar-refractivity contribution in [2.45, 2.75) is 59.2 Å². The third kappa shape index (κ3) is 3.05. The number of ether oxygens (including phenoxy) is 1. The second kappa shape index (κ2) is 8.20. The molecule has 9 nitrogen and oxygen atoms in total. The molecule has 4 rings (SSSR count). The average Bonchev–Trinajstić information content (AvgIpc) is 3.16. The number of rotatable bonds is 5. The van der Waals surface area contributed by atoms with Crippen LogP contribution < -0.4 is 16.0 Å². The molecule has 0 N–H and O–H groups in total. The van der Waals surface area contributed by atoms with E-state index < -0.39 is 34.6 Å². The minimum atomic E-state index is -1.97. The molecule has 1 fully saturated rings. The number of carbonyl (C=O) groups excluding carboxylic acids is 2. The Morgan fingerprint density at radius 1 is 0.848 bits per heavy atom. The first kappa shape index (κ1) is 22.8. The lowest BCUT2D eigenvalue weighted by atomic mass is 9.76. The maximum atomic E-state index is 13.9. The van der Waals surface area contributed by atoms with Gasteiger partial charge in [-0.05, 0) is 40.2 Å². The monoisotopic (exact) mass is 454 g/mol. The molecule has 1 spiro atoms. The van der Waals surface area contributed by atoms with Crippen LogP contribution in [0.3, 0.4) is 0 Å². The molecule has 1 atom stereocenters. The van der Waals surface area contributed by atoms with Crippen LogP contribution in [0.2, 0.25) is 0 Å². The summed E-state index contributed by atoms with van der Waals surface area (Å²) >= 11 is 0. The molecule has 33 heavy (non-hydrogen) atoms. The van der Waals surface area contributed by atoms with Gasteiger partial charge in [0, 0.05) is 26.2 Å². The summed E-state index contributed by atoms with van der Waals surface area (Å²) in [6.45, 7) is 10.4. The molecule has 2 aliphatic rings. The van der Waals surface area contributed by atoms with Gasteiger partial charge >= 0.3 is 5.69 Å². The van der Waals surface area contributed by atoms with E-state index in [4.69, 9.17) is 4.74 Å². The fourth-order valence-electron chi connectivity index (χ4n) is 4.91. The summed E-state index contributed by atoms with van der Waals surface area (Å²) in [4.78, 5) is 57.5. The lowest BCUT2D eigenvalue weighted by Crippen LogP contribution is -2.70. The highest BCUT2D eigenvalue weighted by Gasteiger charge is 2.66. The topological polar surface area (TPSA) is 93.8 Å². The van der Waals surface area contributed by atoms with Crippen molar-refractivity contribution in [3.05, 3.63) is 61.8 Å². The van der Waals surface area contributed by atoms with Crippen molar-refractivity contribution in [3.8, 4) is 5.88 Å². The zero-order chi connectivity index (χ0) is 24.1. The minimum absolute atomic E-state index is 0.0125. The van der Waals surface area contributed by atoms with Gasteiger partial charge in [-0.15, -0.1) is 0 Å². The molecule has 2 aromatic rings. The smallest absolute Gasteiger partial charge is 0.333 e. The normalized spacial score (nSPS) is 19.2. The maximum absolute atomic E-state index is 13.9. The van der Waals surface area contributed by atoms with Gasteiger partial charge in [0.15, 0.2) is 0 Å². The zero-order valence-electron chi connectivity index (χ0n) is 19.8. The first-order valence-corrected chi connectivity index (χ1v) is 11.5. The Hall–Kier alpha value is -3.36. The molecule has 176 valence electrons.